The van der Waals surface area contributed by atoms with Crippen LogP contribution in [0, 0.1) is 0 Å². The van der Waals surface area contributed by atoms with Crippen LogP contribution in [-0.4, -0.2) is 25.7 Å². The molecule has 0 spiro atoms. The molecule has 32 heavy (non-hydrogen) atoms. The number of methoxy groups -OCH3 is 1. The molecular weight excluding hydrogens is 429 g/mol. The lowest BCUT2D eigenvalue weighted by molar-refractivity contribution is -0.139. The minimum atomic E-state index is -4.70. The maximum Gasteiger partial charge on any atom is 0.420 e. The average molecular weight is 448 g/mol. The molecule has 0 fully saturated rings. The van der Waals surface area contributed by atoms with Gasteiger partial charge in [0.1, 0.15) is 11.1 Å². The summed E-state index contributed by atoms with van der Waals surface area (Å²) >= 11 is 0. The van der Waals surface area contributed by atoms with E-state index in [-0.39, 0.29) is 53.1 Å². The number of alkyl halides is 3. The molecule has 0 unspecified atom stereocenters. The fourth-order valence-corrected chi connectivity index (χ4v) is 3.34. The second-order valence-electron chi connectivity index (χ2n) is 6.65. The van der Waals surface area contributed by atoms with Crippen LogP contribution in [0.4, 0.5) is 13.2 Å². The minimum Gasteiger partial charge on any atom is -0.490 e. The van der Waals surface area contributed by atoms with Crippen LogP contribution in [0.1, 0.15) is 17.5 Å². The monoisotopic (exact) mass is 448 g/mol. The van der Waals surface area contributed by atoms with Crippen LogP contribution in [0.2, 0.25) is 0 Å². The van der Waals surface area contributed by atoms with E-state index in [1.54, 1.807) is 0 Å². The van der Waals surface area contributed by atoms with Crippen molar-refractivity contribution in [3.8, 4) is 11.5 Å². The fraction of sp³-hybridized carbons (Fsp3) is 0.217. The van der Waals surface area contributed by atoms with Gasteiger partial charge in [0.15, 0.2) is 11.3 Å². The summed E-state index contributed by atoms with van der Waals surface area (Å²) in [5.41, 5.74) is -1.28. The number of benzene rings is 2. The Kier molecular flexibility index (Phi) is 6.57. The molecule has 6 nitrogen and oxygen atoms in total. The van der Waals surface area contributed by atoms with Gasteiger partial charge in [-0.25, -0.2) is 9.59 Å². The number of ether oxygens (including phenoxy) is 3. The first-order valence-corrected chi connectivity index (χ1v) is 9.47. The highest BCUT2D eigenvalue weighted by Gasteiger charge is 2.37. The quantitative estimate of drug-likeness (QED) is 0.200. The summed E-state index contributed by atoms with van der Waals surface area (Å²) in [5, 5.41) is 0.598. The van der Waals surface area contributed by atoms with Crippen molar-refractivity contribution in [3.63, 3.8) is 0 Å². The van der Waals surface area contributed by atoms with E-state index in [1.165, 1.54) is 31.4 Å². The first-order chi connectivity index (χ1) is 15.2. The molecule has 0 aliphatic carbocycles. The smallest absolute Gasteiger partial charge is 0.420 e. The van der Waals surface area contributed by atoms with Crippen molar-refractivity contribution in [2.75, 3.05) is 13.7 Å². The van der Waals surface area contributed by atoms with E-state index >= 15 is 0 Å². The lowest BCUT2D eigenvalue weighted by Gasteiger charge is -2.13. The number of halogens is 3. The molecule has 0 aliphatic heterocycles. The van der Waals surface area contributed by atoms with E-state index in [0.29, 0.717) is 5.39 Å². The van der Waals surface area contributed by atoms with Crippen LogP contribution in [0.3, 0.4) is 0 Å². The van der Waals surface area contributed by atoms with Gasteiger partial charge in [0.25, 0.3) is 0 Å². The van der Waals surface area contributed by atoms with Crippen LogP contribution in [0.25, 0.3) is 21.9 Å². The Hall–Kier alpha value is -3.75. The number of carbonyl (C=O) groups is 2. The van der Waals surface area contributed by atoms with E-state index in [2.05, 4.69) is 13.2 Å². The van der Waals surface area contributed by atoms with Gasteiger partial charge in [-0.05, 0) is 30.5 Å². The lowest BCUT2D eigenvalue weighted by atomic mass is 9.99. The molecule has 0 aliphatic rings. The third kappa shape index (κ3) is 4.46. The predicted octanol–water partition coefficient (Wildman–Crippen LogP) is 5.37. The number of hydrogen-bond donors (Lipinski definition) is 0. The second-order valence-corrected chi connectivity index (χ2v) is 6.65. The van der Waals surface area contributed by atoms with Crippen LogP contribution in [-0.2, 0) is 26.9 Å². The molecule has 0 bridgehead atoms. The summed E-state index contributed by atoms with van der Waals surface area (Å²) in [4.78, 5) is 22.7. The molecule has 0 amide bonds. The van der Waals surface area contributed by atoms with Gasteiger partial charge < -0.3 is 18.6 Å². The van der Waals surface area contributed by atoms with Gasteiger partial charge in [0.05, 0.1) is 13.7 Å². The topological polar surface area (TPSA) is 75.0 Å². The van der Waals surface area contributed by atoms with E-state index in [0.717, 1.165) is 12.2 Å². The summed E-state index contributed by atoms with van der Waals surface area (Å²) in [5.74, 6) is -1.43. The molecule has 0 N–H and O–H groups in total. The third-order valence-electron chi connectivity index (χ3n) is 4.68. The highest BCUT2D eigenvalue weighted by Crippen LogP contribution is 2.45. The van der Waals surface area contributed by atoms with E-state index in [9.17, 15) is 22.8 Å². The zero-order valence-corrected chi connectivity index (χ0v) is 17.1. The van der Waals surface area contributed by atoms with Crippen molar-refractivity contribution < 1.29 is 41.4 Å². The van der Waals surface area contributed by atoms with Crippen molar-refractivity contribution in [1.82, 2.24) is 0 Å². The summed E-state index contributed by atoms with van der Waals surface area (Å²) in [7, 11) is 1.29. The molecule has 168 valence electrons. The molecule has 0 saturated carbocycles. The maximum absolute atomic E-state index is 14.0. The van der Waals surface area contributed by atoms with Gasteiger partial charge in [-0.3, -0.25) is 0 Å². The van der Waals surface area contributed by atoms with Crippen LogP contribution >= 0.6 is 0 Å². The zero-order valence-electron chi connectivity index (χ0n) is 17.1. The molecular formula is C23H19F3O6. The molecule has 3 aromatic rings. The zero-order chi connectivity index (χ0) is 23.5. The predicted molar refractivity (Wildman–Crippen MR) is 111 cm³/mol. The Morgan fingerprint density at radius 3 is 2.31 bits per heavy atom. The molecule has 0 saturated heterocycles. The Labute approximate surface area is 180 Å². The van der Waals surface area contributed by atoms with Gasteiger partial charge >= 0.3 is 18.1 Å². The van der Waals surface area contributed by atoms with Gasteiger partial charge in [-0.15, -0.1) is 0 Å². The van der Waals surface area contributed by atoms with Crippen LogP contribution in [0.5, 0.6) is 11.5 Å². The molecule has 9 heteroatoms. The van der Waals surface area contributed by atoms with Crippen molar-refractivity contribution in [2.45, 2.75) is 19.0 Å². The second kappa shape index (κ2) is 9.17. The normalized spacial score (nSPS) is 11.4. The van der Waals surface area contributed by atoms with Crippen molar-refractivity contribution in [3.05, 3.63) is 60.7 Å². The largest absolute Gasteiger partial charge is 0.490 e. The molecule has 1 aromatic heterocycles. The number of carbonyl (C=O) groups excluding carboxylic acids is 2. The van der Waals surface area contributed by atoms with Gasteiger partial charge in [-0.2, -0.15) is 13.2 Å². The number of furan rings is 1. The number of esters is 2. The molecule has 1 heterocycles. The molecule has 0 radical (unpaired) electrons. The fourth-order valence-electron chi connectivity index (χ4n) is 3.34. The molecule has 2 aromatic carbocycles. The summed E-state index contributed by atoms with van der Waals surface area (Å²) in [6.07, 6.45) is -2.59. The summed E-state index contributed by atoms with van der Waals surface area (Å²) in [6, 6.07) is 5.79. The Morgan fingerprint density at radius 2 is 1.69 bits per heavy atom. The summed E-state index contributed by atoms with van der Waals surface area (Å²) in [6.45, 7) is 6.52. The first-order valence-electron chi connectivity index (χ1n) is 9.47. The Morgan fingerprint density at radius 1 is 1.03 bits per heavy atom. The van der Waals surface area contributed by atoms with E-state index in [1.807, 2.05) is 0 Å². The Balaban J connectivity index is 2.11. The van der Waals surface area contributed by atoms with E-state index < -0.39 is 23.7 Å². The van der Waals surface area contributed by atoms with Crippen molar-refractivity contribution >= 4 is 33.9 Å². The van der Waals surface area contributed by atoms with Crippen LogP contribution < -0.4 is 9.47 Å². The molecule has 3 rings (SSSR count). The van der Waals surface area contributed by atoms with Crippen molar-refractivity contribution in [1.29, 1.82) is 0 Å². The SMILES string of the molecule is C=CC(=O)OCCCc1ccc2c(oc3c(OC)c(OC(=O)C=C)ccc32)c1C(F)(F)F. The lowest BCUT2D eigenvalue weighted by Crippen LogP contribution is -2.11. The summed E-state index contributed by atoms with van der Waals surface area (Å²) < 4.78 is 62.8. The number of hydrogen-bond acceptors (Lipinski definition) is 6. The third-order valence-corrected chi connectivity index (χ3v) is 4.68. The number of fused-ring (bicyclic) bond motifs is 3. The van der Waals surface area contributed by atoms with Gasteiger partial charge in [0.2, 0.25) is 5.75 Å². The van der Waals surface area contributed by atoms with Crippen LogP contribution in [0.15, 0.2) is 54.0 Å². The average Bonchev–Trinajstić information content (AvgIpc) is 3.13. The highest BCUT2D eigenvalue weighted by molar-refractivity contribution is 6.09. The van der Waals surface area contributed by atoms with Gasteiger partial charge in [-0.1, -0.05) is 25.3 Å². The van der Waals surface area contributed by atoms with Crippen molar-refractivity contribution in [2.24, 2.45) is 0 Å². The minimum absolute atomic E-state index is 0.00372. The standard InChI is InChI=1S/C23H19F3O6/c1-4-17(27)30-12-6-7-13-8-9-14-15-10-11-16(31-18(28)5-2)22(29-3)21(15)32-20(14)19(13)23(24,25)26/h4-5,8-11H,1-2,6-7,12H2,3H3. The molecule has 0 atom stereocenters. The Bertz CT molecular complexity index is 1210. The highest BCUT2D eigenvalue weighted by atomic mass is 19.4. The van der Waals surface area contributed by atoms with E-state index in [4.69, 9.17) is 18.6 Å². The number of aryl methyl sites for hydroxylation is 1. The first kappa shape index (κ1) is 22.9. The van der Waals surface area contributed by atoms with Gasteiger partial charge in [0, 0.05) is 22.9 Å². The maximum atomic E-state index is 14.0. The number of rotatable bonds is 8.